The van der Waals surface area contributed by atoms with E-state index in [4.69, 9.17) is 11.5 Å². The Hall–Kier alpha value is -9.01. The van der Waals surface area contributed by atoms with E-state index in [0.717, 1.165) is 0 Å². The van der Waals surface area contributed by atoms with Gasteiger partial charge in [-0.1, -0.05) is 108 Å². The number of carboxylic acid groups (broad SMARTS) is 1. The summed E-state index contributed by atoms with van der Waals surface area (Å²) in [7, 11) is 0. The highest BCUT2D eigenvalue weighted by molar-refractivity contribution is 6.00. The van der Waals surface area contributed by atoms with Gasteiger partial charge in [-0.25, -0.2) is 4.79 Å². The highest BCUT2D eigenvalue weighted by Crippen LogP contribution is 2.21. The second-order valence-corrected chi connectivity index (χ2v) is 27.0. The van der Waals surface area contributed by atoms with Crippen LogP contribution in [-0.4, -0.2) is 209 Å². The molecule has 1 saturated heterocycles. The molecule has 14 atom stereocenters. The van der Waals surface area contributed by atoms with Gasteiger partial charge < -0.3 is 95.7 Å². The number of rotatable bonds is 42. The van der Waals surface area contributed by atoms with E-state index in [1.165, 1.54) is 49.9 Å². The Morgan fingerprint density at radius 3 is 1.42 bits per heavy atom. The quantitative estimate of drug-likeness (QED) is 0.0299. The van der Waals surface area contributed by atoms with Crippen LogP contribution in [0.2, 0.25) is 0 Å². The molecule has 100 heavy (non-hydrogen) atoms. The highest BCUT2D eigenvalue weighted by Gasteiger charge is 2.41. The van der Waals surface area contributed by atoms with Crippen LogP contribution in [0.25, 0.3) is 0 Å². The lowest BCUT2D eigenvalue weighted by atomic mass is 9.97. The van der Waals surface area contributed by atoms with Crippen molar-refractivity contribution < 1.29 is 82.1 Å². The first kappa shape index (κ1) is 87.1. The number of carbonyl (C=O) groups excluding carboxylic acids is 14. The number of likely N-dealkylation sites (tertiary alicyclic amines) is 1. The molecule has 1 aliphatic rings. The largest absolute Gasteiger partial charge is 0.508 e. The van der Waals surface area contributed by atoms with Crippen LogP contribution in [0.15, 0.2) is 24.3 Å². The van der Waals surface area contributed by atoms with Crippen LogP contribution < -0.4 is 80.6 Å². The van der Waals surface area contributed by atoms with Crippen LogP contribution in [0.5, 0.6) is 5.75 Å². The molecule has 0 aliphatic carbocycles. The van der Waals surface area contributed by atoms with E-state index >= 15 is 0 Å². The number of aliphatic carboxylic acids is 1. The zero-order valence-corrected chi connectivity index (χ0v) is 60.5. The molecule has 0 bridgehead atoms. The smallest absolute Gasteiger partial charge is 0.326 e. The number of nitrogens with zero attached hydrogens (tertiary/aromatic N) is 1. The zero-order valence-electron chi connectivity index (χ0n) is 60.5. The third kappa shape index (κ3) is 28.7. The summed E-state index contributed by atoms with van der Waals surface area (Å²) in [5, 5.41) is 52.5. The van der Waals surface area contributed by atoms with Gasteiger partial charge in [-0.05, 0) is 113 Å². The lowest BCUT2D eigenvalue weighted by Crippen LogP contribution is -2.61. The number of hydrogen-bond acceptors (Lipinski definition) is 18. The summed E-state index contributed by atoms with van der Waals surface area (Å²) in [4.78, 5) is 202. The van der Waals surface area contributed by atoms with E-state index < -0.39 is 204 Å². The molecule has 1 aliphatic heterocycles. The molecule has 1 aromatic rings. The average Bonchev–Trinajstić information content (AvgIpc) is 1.56. The number of hydrogen-bond donors (Lipinski definition) is 17. The first-order chi connectivity index (χ1) is 46.8. The van der Waals surface area contributed by atoms with Crippen molar-refractivity contribution in [3.63, 3.8) is 0 Å². The number of amides is 14. The number of benzene rings is 1. The van der Waals surface area contributed by atoms with Gasteiger partial charge in [0.15, 0.2) is 0 Å². The van der Waals surface area contributed by atoms with E-state index in [9.17, 15) is 82.1 Å². The Labute approximate surface area is 585 Å². The molecule has 0 unspecified atom stereocenters. The molecule has 2 rings (SSSR count). The monoisotopic (exact) mass is 1410 g/mol. The normalized spacial score (nSPS) is 16.7. The third-order valence-electron chi connectivity index (χ3n) is 17.3. The van der Waals surface area contributed by atoms with Crippen molar-refractivity contribution in [2.45, 2.75) is 228 Å². The Kier molecular flexibility index (Phi) is 37.3. The van der Waals surface area contributed by atoms with Gasteiger partial charge in [-0.15, -0.1) is 0 Å². The predicted molar refractivity (Wildman–Crippen MR) is 369 cm³/mol. The first-order valence-electron chi connectivity index (χ1n) is 34.4. The number of phenols is 1. The fourth-order valence-electron chi connectivity index (χ4n) is 10.4. The van der Waals surface area contributed by atoms with Crippen molar-refractivity contribution in [1.82, 2.24) is 74.0 Å². The van der Waals surface area contributed by atoms with Gasteiger partial charge >= 0.3 is 5.97 Å². The topological polar surface area (TPSA) is 508 Å². The summed E-state index contributed by atoms with van der Waals surface area (Å²) in [6.45, 7) is 22.9. The summed E-state index contributed by atoms with van der Waals surface area (Å²) in [5.41, 5.74) is 12.3. The molecule has 1 heterocycles. The number of aromatic hydroxyl groups is 1. The van der Waals surface area contributed by atoms with E-state index in [-0.39, 0.29) is 49.9 Å². The lowest BCUT2D eigenvalue weighted by Gasteiger charge is -2.31. The zero-order chi connectivity index (χ0) is 76.0. The van der Waals surface area contributed by atoms with Gasteiger partial charge in [0.05, 0.1) is 25.7 Å². The second kappa shape index (κ2) is 42.8. The van der Waals surface area contributed by atoms with Crippen LogP contribution in [0.4, 0.5) is 0 Å². The number of carboxylic acids is 1. The predicted octanol–water partition coefficient (Wildman–Crippen LogP) is -2.56. The molecule has 33 heteroatoms. The molecular formula is C67H112N16O17. The van der Waals surface area contributed by atoms with Crippen molar-refractivity contribution in [3.8, 4) is 5.75 Å². The van der Waals surface area contributed by atoms with Crippen molar-refractivity contribution in [3.05, 3.63) is 29.8 Å². The van der Waals surface area contributed by atoms with Crippen LogP contribution in [0, 0.1) is 35.5 Å². The number of phenolic OH excluding ortho intramolecular Hbond substituents is 1. The molecule has 0 aromatic heterocycles. The number of nitrogens with two attached hydrogens (primary N) is 2. The van der Waals surface area contributed by atoms with Gasteiger partial charge in [-0.3, -0.25) is 67.1 Å². The van der Waals surface area contributed by atoms with Gasteiger partial charge in [0.25, 0.3) is 0 Å². The highest BCUT2D eigenvalue weighted by atomic mass is 16.4. The minimum atomic E-state index is -1.38. The molecule has 0 spiro atoms. The fraction of sp³-hybridized carbons (Fsp3) is 0.687. The number of nitrogens with one attached hydrogen (secondary N) is 13. The maximum atomic E-state index is 14.2. The van der Waals surface area contributed by atoms with Gasteiger partial charge in [0.2, 0.25) is 82.7 Å². The molecule has 1 fully saturated rings. The van der Waals surface area contributed by atoms with Gasteiger partial charge in [0.1, 0.15) is 72.2 Å². The molecule has 0 radical (unpaired) electrons. The first-order valence-corrected chi connectivity index (χ1v) is 34.4. The van der Waals surface area contributed by atoms with Crippen LogP contribution >= 0.6 is 0 Å². The minimum Gasteiger partial charge on any atom is -0.508 e. The molecule has 14 amide bonds. The molecule has 1 aromatic carbocycles. The van der Waals surface area contributed by atoms with Gasteiger partial charge in [-0.2, -0.15) is 0 Å². The Morgan fingerprint density at radius 2 is 0.910 bits per heavy atom. The van der Waals surface area contributed by atoms with E-state index in [1.54, 1.807) is 76.2 Å². The van der Waals surface area contributed by atoms with Crippen molar-refractivity contribution in [2.24, 2.45) is 47.0 Å². The van der Waals surface area contributed by atoms with Crippen molar-refractivity contribution in [1.29, 1.82) is 0 Å². The minimum absolute atomic E-state index is 0.0772. The number of unbranched alkanes of at least 4 members (excludes halogenated alkanes) is 1. The summed E-state index contributed by atoms with van der Waals surface area (Å²) < 4.78 is 0. The van der Waals surface area contributed by atoms with E-state index in [1.807, 2.05) is 6.92 Å². The molecule has 19 N–H and O–H groups in total. The summed E-state index contributed by atoms with van der Waals surface area (Å²) in [6, 6.07) is -8.67. The summed E-state index contributed by atoms with van der Waals surface area (Å²) >= 11 is 0. The maximum Gasteiger partial charge on any atom is 0.326 e. The third-order valence-corrected chi connectivity index (χ3v) is 17.3. The van der Waals surface area contributed by atoms with Crippen LogP contribution in [-0.2, 0) is 78.3 Å². The Bertz CT molecular complexity index is 2990. The lowest BCUT2D eigenvalue weighted by molar-refractivity contribution is -0.143. The van der Waals surface area contributed by atoms with Gasteiger partial charge in [0, 0.05) is 13.0 Å². The van der Waals surface area contributed by atoms with Crippen molar-refractivity contribution in [2.75, 3.05) is 32.7 Å². The molecule has 0 saturated carbocycles. The molecule has 562 valence electrons. The molecular weight excluding hydrogens is 1300 g/mol. The Balaban J connectivity index is 2.13. The van der Waals surface area contributed by atoms with Crippen LogP contribution in [0.3, 0.4) is 0 Å². The number of carbonyl (C=O) groups is 15. The fourth-order valence-corrected chi connectivity index (χ4v) is 10.4. The molecule has 33 nitrogen and oxygen atoms in total. The SMILES string of the molecule is CC[C@H](C)[C@H](N)C(=O)N[C@H](C(=O)NCC(=O)NCC(=O)N[C@@H](Cc1ccc(O)cc1)C(=O)N[C@H](C(=O)N[C@H](C(=O)N[C@@H](C)C(=O)N[C@@H](C)C(=O)N[C@@H](C)C(=O)N[C@H](C(=O)N[C@@H](CCCCN)C(=O)N1CCC[C@H]1C(=O)NCC(=O)N[C@H](C(=O)O)C(C)C)[C@@H](C)CC)C(C)C)C(C)C)C(C)C. The van der Waals surface area contributed by atoms with Crippen molar-refractivity contribution >= 4 is 88.7 Å². The van der Waals surface area contributed by atoms with Crippen LogP contribution in [0.1, 0.15) is 154 Å². The second-order valence-electron chi connectivity index (χ2n) is 27.0. The Morgan fingerprint density at radius 1 is 0.470 bits per heavy atom. The van der Waals surface area contributed by atoms with E-state index in [2.05, 4.69) is 69.1 Å². The maximum absolute atomic E-state index is 14.2. The van der Waals surface area contributed by atoms with E-state index in [0.29, 0.717) is 37.7 Å². The average molecular weight is 1410 g/mol. The standard InChI is InChI=1S/C67H112N16O17/c1-16-37(11)50(69)61(93)80-51(33(3)4)62(94)72-30-47(85)70-31-48(86)76-45(29-42-23-25-43(84)26-24-42)59(91)79-53(35(7)8)64(96)81-52(34(5)6)63(95)75-40(14)57(89)73-39(13)56(88)74-41(15)58(90)82-55(38(12)17-2)65(97)77-44(21-18-19-27-68)66(98)83-28-20-22-46(83)60(92)71-32-49(87)78-54(36(9)10)67(99)100/h23-26,33-41,44-46,50-55,84H,16-22,27-32,68-69H2,1-15H3,(H,70,85)(H,71,92)(H,72,94)(H,73,89)(H,74,88)(H,75,95)(H,76,86)(H,77,97)(H,78,87)(H,79,91)(H,80,93)(H,81,96)(H,82,90)(H,99,100)/t37-,38-,39-,40-,41-,44-,45-,46-,50-,51-,52-,53-,54-,55-/m0/s1. The summed E-state index contributed by atoms with van der Waals surface area (Å²) in [5.74, 6) is -14.5. The summed E-state index contributed by atoms with van der Waals surface area (Å²) in [6.07, 6.45) is 2.54.